The van der Waals surface area contributed by atoms with Crippen LogP contribution in [0.25, 0.3) is 21.9 Å². The average Bonchev–Trinajstić information content (AvgIpc) is 3.35. The molecule has 6 heteroatoms. The minimum atomic E-state index is -0.0342. The Labute approximate surface area is 163 Å². The maximum atomic E-state index is 12.8. The van der Waals surface area contributed by atoms with Gasteiger partial charge in [-0.25, -0.2) is 9.78 Å². The van der Waals surface area contributed by atoms with Crippen molar-refractivity contribution in [1.82, 2.24) is 19.4 Å². The van der Waals surface area contributed by atoms with E-state index < -0.39 is 0 Å². The lowest BCUT2D eigenvalue weighted by Crippen LogP contribution is -2.45. The Morgan fingerprint density at radius 3 is 2.93 bits per heavy atom. The van der Waals surface area contributed by atoms with E-state index in [0.717, 1.165) is 35.1 Å². The lowest BCUT2D eigenvalue weighted by molar-refractivity contribution is 0.151. The van der Waals surface area contributed by atoms with Crippen LogP contribution in [0.1, 0.15) is 19.4 Å². The topological polar surface area (TPSA) is 66.0 Å². The SMILES string of the molecule is C[C@@H]1CCN(C(=O)Nc2ccccc2)C[C@@H]1n1ccc2cnc3[nH]ccc3c21. The van der Waals surface area contributed by atoms with E-state index in [9.17, 15) is 4.79 Å². The molecule has 0 bridgehead atoms. The maximum Gasteiger partial charge on any atom is 0.321 e. The number of H-pyrrole nitrogens is 1. The second-order valence-electron chi connectivity index (χ2n) is 7.60. The number of nitrogens with zero attached hydrogens (tertiary/aromatic N) is 3. The molecule has 5 rings (SSSR count). The molecule has 142 valence electrons. The normalized spacial score (nSPS) is 20.0. The summed E-state index contributed by atoms with van der Waals surface area (Å²) >= 11 is 0. The summed E-state index contributed by atoms with van der Waals surface area (Å²) in [5, 5.41) is 5.27. The predicted octanol–water partition coefficient (Wildman–Crippen LogP) is 4.63. The monoisotopic (exact) mass is 373 g/mol. The van der Waals surface area contributed by atoms with Crippen molar-refractivity contribution in [1.29, 1.82) is 0 Å². The zero-order valence-corrected chi connectivity index (χ0v) is 15.8. The summed E-state index contributed by atoms with van der Waals surface area (Å²) in [4.78, 5) is 22.4. The number of benzene rings is 1. The van der Waals surface area contributed by atoms with Crippen molar-refractivity contribution in [3.63, 3.8) is 0 Å². The molecule has 2 atom stereocenters. The molecule has 1 fully saturated rings. The summed E-state index contributed by atoms with van der Waals surface area (Å²) in [5.41, 5.74) is 2.91. The Bertz CT molecular complexity index is 1130. The molecule has 1 aromatic carbocycles. The largest absolute Gasteiger partial charge is 0.346 e. The number of aromatic nitrogens is 3. The van der Waals surface area contributed by atoms with Crippen LogP contribution in [-0.2, 0) is 0 Å². The highest BCUT2D eigenvalue weighted by Crippen LogP contribution is 2.33. The Hall–Kier alpha value is -3.28. The van der Waals surface area contributed by atoms with Crippen molar-refractivity contribution in [2.75, 3.05) is 18.4 Å². The summed E-state index contributed by atoms with van der Waals surface area (Å²) in [6.07, 6.45) is 6.96. The highest BCUT2D eigenvalue weighted by Gasteiger charge is 2.31. The van der Waals surface area contributed by atoms with Gasteiger partial charge in [-0.2, -0.15) is 0 Å². The number of hydrogen-bond acceptors (Lipinski definition) is 2. The number of piperidine rings is 1. The first-order valence-corrected chi connectivity index (χ1v) is 9.74. The van der Waals surface area contributed by atoms with Crippen LogP contribution in [0, 0.1) is 5.92 Å². The summed E-state index contributed by atoms with van der Waals surface area (Å²) in [7, 11) is 0. The molecular weight excluding hydrogens is 350 g/mol. The molecule has 1 aliphatic heterocycles. The lowest BCUT2D eigenvalue weighted by atomic mass is 9.93. The number of fused-ring (bicyclic) bond motifs is 3. The van der Waals surface area contributed by atoms with Gasteiger partial charge in [0.15, 0.2) is 0 Å². The van der Waals surface area contributed by atoms with E-state index in [2.05, 4.69) is 45.1 Å². The molecule has 4 heterocycles. The van der Waals surface area contributed by atoms with Crippen molar-refractivity contribution in [3.8, 4) is 0 Å². The van der Waals surface area contributed by atoms with E-state index in [4.69, 9.17) is 0 Å². The van der Waals surface area contributed by atoms with Crippen LogP contribution in [0.5, 0.6) is 0 Å². The number of amides is 2. The van der Waals surface area contributed by atoms with Crippen molar-refractivity contribution in [2.24, 2.45) is 5.92 Å². The molecule has 4 aromatic rings. The number of likely N-dealkylation sites (tertiary alicyclic amines) is 1. The van der Waals surface area contributed by atoms with Gasteiger partial charge in [0.1, 0.15) is 5.65 Å². The second-order valence-corrected chi connectivity index (χ2v) is 7.60. The molecule has 0 saturated carbocycles. The van der Waals surface area contributed by atoms with Crippen LogP contribution >= 0.6 is 0 Å². The Balaban J connectivity index is 1.45. The van der Waals surface area contributed by atoms with E-state index >= 15 is 0 Å². The molecule has 0 radical (unpaired) electrons. The molecule has 1 saturated heterocycles. The Kier molecular flexibility index (Phi) is 4.04. The van der Waals surface area contributed by atoms with Crippen LogP contribution < -0.4 is 5.32 Å². The lowest BCUT2D eigenvalue weighted by Gasteiger charge is -2.38. The number of hydrogen-bond donors (Lipinski definition) is 2. The van der Waals surface area contributed by atoms with Gasteiger partial charge in [0.25, 0.3) is 0 Å². The molecule has 1 aliphatic rings. The van der Waals surface area contributed by atoms with Gasteiger partial charge >= 0.3 is 6.03 Å². The third kappa shape index (κ3) is 2.81. The second kappa shape index (κ2) is 6.71. The van der Waals surface area contributed by atoms with Gasteiger partial charge in [0.05, 0.1) is 11.6 Å². The number of carbonyl (C=O) groups excluding carboxylic acids is 1. The molecule has 0 spiro atoms. The molecule has 2 N–H and O–H groups in total. The Morgan fingerprint density at radius 1 is 1.21 bits per heavy atom. The average molecular weight is 373 g/mol. The molecule has 3 aromatic heterocycles. The molecule has 0 aliphatic carbocycles. The third-order valence-corrected chi connectivity index (χ3v) is 5.85. The number of carbonyl (C=O) groups is 1. The van der Waals surface area contributed by atoms with Crippen molar-refractivity contribution < 1.29 is 4.79 Å². The quantitative estimate of drug-likeness (QED) is 0.538. The smallest absolute Gasteiger partial charge is 0.321 e. The molecule has 6 nitrogen and oxygen atoms in total. The fourth-order valence-corrected chi connectivity index (χ4v) is 4.25. The number of para-hydroxylation sites is 1. The minimum Gasteiger partial charge on any atom is -0.346 e. The van der Waals surface area contributed by atoms with E-state index in [1.165, 1.54) is 5.52 Å². The van der Waals surface area contributed by atoms with E-state index in [1.807, 2.05) is 47.6 Å². The van der Waals surface area contributed by atoms with E-state index in [0.29, 0.717) is 12.5 Å². The number of anilines is 1. The van der Waals surface area contributed by atoms with Gasteiger partial charge in [-0.15, -0.1) is 0 Å². The zero-order chi connectivity index (χ0) is 19.1. The van der Waals surface area contributed by atoms with Crippen molar-refractivity contribution >= 4 is 33.7 Å². The molecule has 28 heavy (non-hydrogen) atoms. The summed E-state index contributed by atoms with van der Waals surface area (Å²) in [5.74, 6) is 0.485. The van der Waals surface area contributed by atoms with Gasteiger partial charge in [-0.05, 0) is 36.6 Å². The first-order valence-electron chi connectivity index (χ1n) is 9.74. The van der Waals surface area contributed by atoms with Gasteiger partial charge in [-0.3, -0.25) is 0 Å². The van der Waals surface area contributed by atoms with Gasteiger partial charge < -0.3 is 19.8 Å². The minimum absolute atomic E-state index is 0.0342. The zero-order valence-electron chi connectivity index (χ0n) is 15.8. The fourth-order valence-electron chi connectivity index (χ4n) is 4.25. The molecule has 0 unspecified atom stereocenters. The maximum absolute atomic E-state index is 12.8. The van der Waals surface area contributed by atoms with Gasteiger partial charge in [-0.1, -0.05) is 25.1 Å². The highest BCUT2D eigenvalue weighted by molar-refractivity contribution is 6.02. The predicted molar refractivity (Wildman–Crippen MR) is 111 cm³/mol. The van der Waals surface area contributed by atoms with Gasteiger partial charge in [0.2, 0.25) is 0 Å². The van der Waals surface area contributed by atoms with Crippen LogP contribution in [0.4, 0.5) is 10.5 Å². The van der Waals surface area contributed by atoms with Crippen molar-refractivity contribution in [2.45, 2.75) is 19.4 Å². The number of nitrogens with one attached hydrogen (secondary N) is 2. The van der Waals surface area contributed by atoms with E-state index in [1.54, 1.807) is 0 Å². The van der Waals surface area contributed by atoms with Crippen LogP contribution in [0.15, 0.2) is 61.1 Å². The highest BCUT2D eigenvalue weighted by atomic mass is 16.2. The number of rotatable bonds is 2. The van der Waals surface area contributed by atoms with Crippen LogP contribution in [-0.4, -0.2) is 38.6 Å². The fraction of sp³-hybridized carbons (Fsp3) is 0.273. The summed E-state index contributed by atoms with van der Waals surface area (Å²) in [6, 6.07) is 14.0. The van der Waals surface area contributed by atoms with Gasteiger partial charge in [0, 0.05) is 48.1 Å². The van der Waals surface area contributed by atoms with Crippen LogP contribution in [0.3, 0.4) is 0 Å². The number of urea groups is 1. The Morgan fingerprint density at radius 2 is 2.07 bits per heavy atom. The molecule has 2 amide bonds. The molecular formula is C22H23N5O. The standard InChI is InChI=1S/C22H23N5O/c1-15-8-11-26(22(28)25-17-5-3-2-4-6-17)14-19(15)27-12-9-16-13-24-21-18(20(16)27)7-10-23-21/h2-7,9-10,12-13,15,19H,8,11,14H2,1H3,(H,23,24)(H,25,28)/t15-,19+/m1/s1. The number of pyridine rings is 1. The first kappa shape index (κ1) is 16.9. The van der Waals surface area contributed by atoms with E-state index in [-0.39, 0.29) is 12.1 Å². The number of aromatic amines is 1. The van der Waals surface area contributed by atoms with Crippen molar-refractivity contribution in [3.05, 3.63) is 61.1 Å². The summed E-state index contributed by atoms with van der Waals surface area (Å²) in [6.45, 7) is 3.74. The summed E-state index contributed by atoms with van der Waals surface area (Å²) < 4.78 is 2.33. The first-order chi connectivity index (χ1) is 13.7. The third-order valence-electron chi connectivity index (χ3n) is 5.85. The van der Waals surface area contributed by atoms with Crippen LogP contribution in [0.2, 0.25) is 0 Å².